The Bertz CT molecular complexity index is 510. The molecule has 2 rings (SSSR count). The van der Waals surface area contributed by atoms with E-state index in [1.54, 1.807) is 0 Å². The predicted octanol–water partition coefficient (Wildman–Crippen LogP) is 4.05. The molecule has 1 fully saturated rings. The number of carbonyl (C=O) groups is 1. The molecule has 4 nitrogen and oxygen atoms in total. The summed E-state index contributed by atoms with van der Waals surface area (Å²) in [5, 5.41) is 7.23. The number of ether oxygens (including phenoxy) is 1. The van der Waals surface area contributed by atoms with Gasteiger partial charge in [0, 0.05) is 23.1 Å². The fourth-order valence-corrected chi connectivity index (χ4v) is 2.53. The van der Waals surface area contributed by atoms with Crippen molar-refractivity contribution < 1.29 is 9.53 Å². The Labute approximate surface area is 137 Å². The Kier molecular flexibility index (Phi) is 5.35. The van der Waals surface area contributed by atoms with Crippen molar-refractivity contribution in [2.45, 2.75) is 64.3 Å². The summed E-state index contributed by atoms with van der Waals surface area (Å²) in [6.45, 7) is 7.74. The second kappa shape index (κ2) is 6.88. The van der Waals surface area contributed by atoms with Crippen molar-refractivity contribution in [2.24, 2.45) is 0 Å². The smallest absolute Gasteiger partial charge is 0.407 e. The van der Waals surface area contributed by atoms with E-state index in [0.29, 0.717) is 6.04 Å². The van der Waals surface area contributed by atoms with Crippen molar-refractivity contribution in [3.05, 3.63) is 34.9 Å². The standard InChI is InChI=1S/C17H25ClN2O2/c1-5-13(11-6-8-12(18)9-7-11)19-14-10-15(14)20-16(21)22-17(2,3)4/h6-9,13-15,19H,5,10H2,1-4H3,(H,20,21). The molecule has 0 heterocycles. The Morgan fingerprint density at radius 1 is 1.32 bits per heavy atom. The first kappa shape index (κ1) is 17.1. The van der Waals surface area contributed by atoms with E-state index in [9.17, 15) is 4.79 Å². The van der Waals surface area contributed by atoms with Crippen LogP contribution in [0.15, 0.2) is 24.3 Å². The van der Waals surface area contributed by atoms with Crippen molar-refractivity contribution >= 4 is 17.7 Å². The second-order valence-corrected chi connectivity index (χ2v) is 7.21. The molecule has 3 atom stereocenters. The molecule has 0 aliphatic heterocycles. The van der Waals surface area contributed by atoms with Crippen LogP contribution >= 0.6 is 11.6 Å². The number of hydrogen-bond donors (Lipinski definition) is 2. The fourth-order valence-electron chi connectivity index (χ4n) is 2.40. The Morgan fingerprint density at radius 2 is 1.95 bits per heavy atom. The third kappa shape index (κ3) is 5.18. The monoisotopic (exact) mass is 324 g/mol. The molecule has 1 saturated carbocycles. The van der Waals surface area contributed by atoms with Gasteiger partial charge in [0.2, 0.25) is 0 Å². The van der Waals surface area contributed by atoms with E-state index < -0.39 is 5.60 Å². The normalized spacial score (nSPS) is 22.0. The quantitative estimate of drug-likeness (QED) is 0.859. The lowest BCUT2D eigenvalue weighted by molar-refractivity contribution is 0.0522. The van der Waals surface area contributed by atoms with Crippen LogP contribution < -0.4 is 10.6 Å². The van der Waals surface area contributed by atoms with Crippen LogP contribution in [0.25, 0.3) is 0 Å². The fraction of sp³-hybridized carbons (Fsp3) is 0.588. The Morgan fingerprint density at radius 3 is 2.50 bits per heavy atom. The minimum atomic E-state index is -0.461. The highest BCUT2D eigenvalue weighted by molar-refractivity contribution is 6.30. The summed E-state index contributed by atoms with van der Waals surface area (Å²) in [4.78, 5) is 11.7. The zero-order chi connectivity index (χ0) is 16.3. The molecule has 0 spiro atoms. The number of hydrogen-bond acceptors (Lipinski definition) is 3. The van der Waals surface area contributed by atoms with Gasteiger partial charge in [0.1, 0.15) is 5.60 Å². The Balaban J connectivity index is 1.82. The Hall–Kier alpha value is -1.26. The zero-order valence-corrected chi connectivity index (χ0v) is 14.4. The SMILES string of the molecule is CCC(NC1CC1NC(=O)OC(C)(C)C)c1ccc(Cl)cc1. The van der Waals surface area contributed by atoms with Gasteiger partial charge >= 0.3 is 6.09 Å². The lowest BCUT2D eigenvalue weighted by atomic mass is 10.0. The third-order valence-corrected chi connectivity index (χ3v) is 3.84. The number of rotatable bonds is 5. The molecule has 0 saturated heterocycles. The van der Waals surface area contributed by atoms with E-state index in [2.05, 4.69) is 17.6 Å². The first-order valence-electron chi connectivity index (χ1n) is 7.79. The van der Waals surface area contributed by atoms with E-state index in [0.717, 1.165) is 17.9 Å². The molecule has 0 radical (unpaired) electrons. The summed E-state index contributed by atoms with van der Waals surface area (Å²) >= 11 is 5.93. The molecule has 1 aromatic rings. The van der Waals surface area contributed by atoms with Gasteiger partial charge in [0.05, 0.1) is 0 Å². The minimum absolute atomic E-state index is 0.149. The molecule has 2 N–H and O–H groups in total. The second-order valence-electron chi connectivity index (χ2n) is 6.77. The van der Waals surface area contributed by atoms with Crippen LogP contribution in [0, 0.1) is 0 Å². The summed E-state index contributed by atoms with van der Waals surface area (Å²) in [6.07, 6.45) is 1.57. The summed E-state index contributed by atoms with van der Waals surface area (Å²) in [5.74, 6) is 0. The number of benzene rings is 1. The molecular formula is C17H25ClN2O2. The predicted molar refractivity (Wildman–Crippen MR) is 89.2 cm³/mol. The van der Waals surface area contributed by atoms with E-state index in [1.807, 2.05) is 45.0 Å². The molecule has 0 bridgehead atoms. The molecule has 5 heteroatoms. The van der Waals surface area contributed by atoms with Crippen molar-refractivity contribution in [2.75, 3.05) is 0 Å². The number of amides is 1. The van der Waals surface area contributed by atoms with Crippen LogP contribution in [-0.4, -0.2) is 23.8 Å². The van der Waals surface area contributed by atoms with Gasteiger partial charge in [-0.2, -0.15) is 0 Å². The van der Waals surface area contributed by atoms with E-state index in [4.69, 9.17) is 16.3 Å². The van der Waals surface area contributed by atoms with Gasteiger partial charge in [-0.15, -0.1) is 0 Å². The maximum absolute atomic E-state index is 11.7. The zero-order valence-electron chi connectivity index (χ0n) is 13.7. The highest BCUT2D eigenvalue weighted by atomic mass is 35.5. The molecular weight excluding hydrogens is 300 g/mol. The van der Waals surface area contributed by atoms with Crippen LogP contribution in [0.1, 0.15) is 52.1 Å². The van der Waals surface area contributed by atoms with Crippen LogP contribution in [0.2, 0.25) is 5.02 Å². The largest absolute Gasteiger partial charge is 0.444 e. The molecule has 122 valence electrons. The number of alkyl carbamates (subject to hydrolysis) is 1. The average Bonchev–Trinajstić information content (AvgIpc) is 3.12. The van der Waals surface area contributed by atoms with E-state index in [1.165, 1.54) is 5.56 Å². The highest BCUT2D eigenvalue weighted by Gasteiger charge is 2.40. The van der Waals surface area contributed by atoms with Gasteiger partial charge in [-0.1, -0.05) is 30.7 Å². The van der Waals surface area contributed by atoms with Crippen molar-refractivity contribution in [3.8, 4) is 0 Å². The topological polar surface area (TPSA) is 50.4 Å². The van der Waals surface area contributed by atoms with Gasteiger partial charge in [0.15, 0.2) is 0 Å². The summed E-state index contributed by atoms with van der Waals surface area (Å²) in [5.41, 5.74) is 0.756. The number of halogens is 1. The molecule has 0 aromatic heterocycles. The van der Waals surface area contributed by atoms with Gasteiger partial charge < -0.3 is 15.4 Å². The summed E-state index contributed by atoms with van der Waals surface area (Å²) < 4.78 is 5.27. The first-order chi connectivity index (χ1) is 10.3. The van der Waals surface area contributed by atoms with Crippen LogP contribution in [0.5, 0.6) is 0 Å². The van der Waals surface area contributed by atoms with Crippen LogP contribution in [0.3, 0.4) is 0 Å². The number of carbonyl (C=O) groups excluding carboxylic acids is 1. The van der Waals surface area contributed by atoms with Crippen molar-refractivity contribution in [3.63, 3.8) is 0 Å². The molecule has 1 amide bonds. The molecule has 22 heavy (non-hydrogen) atoms. The van der Waals surface area contributed by atoms with Gasteiger partial charge in [0.25, 0.3) is 0 Å². The van der Waals surface area contributed by atoms with Gasteiger partial charge in [-0.05, 0) is 51.3 Å². The first-order valence-corrected chi connectivity index (χ1v) is 8.17. The van der Waals surface area contributed by atoms with Crippen LogP contribution in [0.4, 0.5) is 4.79 Å². The average molecular weight is 325 g/mol. The highest BCUT2D eigenvalue weighted by Crippen LogP contribution is 2.28. The maximum Gasteiger partial charge on any atom is 0.407 e. The molecule has 1 aliphatic carbocycles. The lowest BCUT2D eigenvalue weighted by Gasteiger charge is -2.20. The molecule has 1 aliphatic rings. The lowest BCUT2D eigenvalue weighted by Crippen LogP contribution is -2.37. The minimum Gasteiger partial charge on any atom is -0.444 e. The summed E-state index contributed by atoms with van der Waals surface area (Å²) in [6, 6.07) is 8.62. The third-order valence-electron chi connectivity index (χ3n) is 3.59. The molecule has 1 aromatic carbocycles. The van der Waals surface area contributed by atoms with Crippen LogP contribution in [-0.2, 0) is 4.74 Å². The van der Waals surface area contributed by atoms with Crippen molar-refractivity contribution in [1.82, 2.24) is 10.6 Å². The maximum atomic E-state index is 11.7. The summed E-state index contributed by atoms with van der Waals surface area (Å²) in [7, 11) is 0. The van der Waals surface area contributed by atoms with Gasteiger partial charge in [-0.3, -0.25) is 0 Å². The van der Waals surface area contributed by atoms with E-state index in [-0.39, 0.29) is 18.2 Å². The molecule has 3 unspecified atom stereocenters. The van der Waals surface area contributed by atoms with Crippen molar-refractivity contribution in [1.29, 1.82) is 0 Å². The van der Waals surface area contributed by atoms with Gasteiger partial charge in [-0.25, -0.2) is 4.79 Å². The number of nitrogens with one attached hydrogen (secondary N) is 2. The van der Waals surface area contributed by atoms with E-state index >= 15 is 0 Å².